The summed E-state index contributed by atoms with van der Waals surface area (Å²) >= 11 is 1.32. The third-order valence-corrected chi connectivity index (χ3v) is 5.52. The summed E-state index contributed by atoms with van der Waals surface area (Å²) in [5.74, 6) is -1.19. The minimum atomic E-state index is -0.940. The molecule has 0 fully saturated rings. The Bertz CT molecular complexity index is 899. The first kappa shape index (κ1) is 23.6. The van der Waals surface area contributed by atoms with Crippen LogP contribution < -0.4 is 5.32 Å². The number of ether oxygens (including phenoxy) is 1. The highest BCUT2D eigenvalue weighted by atomic mass is 32.1. The van der Waals surface area contributed by atoms with E-state index in [9.17, 15) is 14.4 Å². The molecule has 0 saturated heterocycles. The van der Waals surface area contributed by atoms with Gasteiger partial charge in [0.25, 0.3) is 0 Å². The van der Waals surface area contributed by atoms with Crippen LogP contribution in [0.3, 0.4) is 0 Å². The number of aryl methyl sites for hydroxylation is 1. The number of nitrogens with one attached hydrogen (secondary N) is 1. The number of carboxylic acids is 1. The van der Waals surface area contributed by atoms with Gasteiger partial charge in [-0.05, 0) is 43.7 Å². The maximum Gasteiger partial charge on any atom is 0.341 e. The summed E-state index contributed by atoms with van der Waals surface area (Å²) in [6, 6.07) is 8.11. The maximum atomic E-state index is 12.7. The molecule has 1 heterocycles. The Kier molecular flexibility index (Phi) is 8.59. The monoisotopic (exact) mass is 431 g/mol. The van der Waals surface area contributed by atoms with Gasteiger partial charge in [-0.1, -0.05) is 38.1 Å². The molecule has 1 aromatic heterocycles. The van der Waals surface area contributed by atoms with Gasteiger partial charge in [0, 0.05) is 23.3 Å². The quantitative estimate of drug-likeness (QED) is 0.499. The fourth-order valence-electron chi connectivity index (χ4n) is 3.25. The zero-order chi connectivity index (χ0) is 22.3. The number of esters is 1. The van der Waals surface area contributed by atoms with Gasteiger partial charge in [-0.25, -0.2) is 4.79 Å². The van der Waals surface area contributed by atoms with E-state index in [1.54, 1.807) is 6.92 Å². The van der Waals surface area contributed by atoms with Crippen LogP contribution in [0.2, 0.25) is 0 Å². The average molecular weight is 432 g/mol. The van der Waals surface area contributed by atoms with Gasteiger partial charge in [-0.15, -0.1) is 11.3 Å². The molecular formula is C23H29NO5S. The Morgan fingerprint density at radius 1 is 1.13 bits per heavy atom. The molecule has 6 nitrogen and oxygen atoms in total. The van der Waals surface area contributed by atoms with Crippen molar-refractivity contribution in [1.82, 2.24) is 0 Å². The molecule has 30 heavy (non-hydrogen) atoms. The van der Waals surface area contributed by atoms with E-state index >= 15 is 0 Å². The molecule has 0 spiro atoms. The van der Waals surface area contributed by atoms with Crippen LogP contribution in [0.4, 0.5) is 5.00 Å². The van der Waals surface area contributed by atoms with Crippen molar-refractivity contribution in [3.8, 4) is 11.1 Å². The molecule has 0 aliphatic rings. The molecule has 2 rings (SSSR count). The molecule has 0 bridgehead atoms. The normalized spacial score (nSPS) is 10.8. The van der Waals surface area contributed by atoms with Crippen LogP contribution in [0.1, 0.15) is 60.8 Å². The molecule has 0 atom stereocenters. The molecule has 162 valence electrons. The van der Waals surface area contributed by atoms with Gasteiger partial charge < -0.3 is 15.2 Å². The summed E-state index contributed by atoms with van der Waals surface area (Å²) in [5, 5.41) is 12.0. The molecule has 2 N–H and O–H groups in total. The minimum absolute atomic E-state index is 0.0738. The number of aliphatic carboxylic acids is 1. The first-order valence-electron chi connectivity index (χ1n) is 10.1. The van der Waals surface area contributed by atoms with Crippen molar-refractivity contribution >= 4 is 34.2 Å². The Morgan fingerprint density at radius 2 is 1.80 bits per heavy atom. The molecule has 0 saturated carbocycles. The number of benzene rings is 1. The van der Waals surface area contributed by atoms with Crippen LogP contribution in [0.15, 0.2) is 24.3 Å². The van der Waals surface area contributed by atoms with Gasteiger partial charge in [0.1, 0.15) is 10.6 Å². The van der Waals surface area contributed by atoms with E-state index < -0.39 is 11.9 Å². The molecule has 0 aliphatic carbocycles. The predicted molar refractivity (Wildman–Crippen MR) is 119 cm³/mol. The van der Waals surface area contributed by atoms with Crippen LogP contribution in [-0.4, -0.2) is 29.6 Å². The molecular weight excluding hydrogens is 402 g/mol. The standard InChI is InChI=1S/C23H29NO5S/c1-5-29-23(28)21-20(17-11-9-16(10-12-17)13-14(2)3)15(4)30-22(21)24-18(25)7-6-8-19(26)27/h9-12,14H,5-8,13H2,1-4H3,(H,24,25)(H,26,27). The Hall–Kier alpha value is -2.67. The lowest BCUT2D eigenvalue weighted by Crippen LogP contribution is -2.14. The molecule has 0 radical (unpaired) electrons. The van der Waals surface area contributed by atoms with E-state index in [4.69, 9.17) is 9.84 Å². The van der Waals surface area contributed by atoms with E-state index in [0.717, 1.165) is 22.4 Å². The van der Waals surface area contributed by atoms with Gasteiger partial charge in [-0.2, -0.15) is 0 Å². The number of thiophene rings is 1. The number of hydrogen-bond acceptors (Lipinski definition) is 5. The summed E-state index contributed by atoms with van der Waals surface area (Å²) in [5.41, 5.74) is 3.23. The van der Waals surface area contributed by atoms with E-state index in [-0.39, 0.29) is 31.8 Å². The summed E-state index contributed by atoms with van der Waals surface area (Å²) in [6.07, 6.45) is 1.22. The second kappa shape index (κ2) is 10.9. The highest BCUT2D eigenvalue weighted by Crippen LogP contribution is 2.40. The Balaban J connectivity index is 2.34. The second-order valence-corrected chi connectivity index (χ2v) is 8.77. The lowest BCUT2D eigenvalue weighted by Gasteiger charge is -2.10. The van der Waals surface area contributed by atoms with E-state index in [1.807, 2.05) is 19.1 Å². The van der Waals surface area contributed by atoms with Crippen molar-refractivity contribution in [2.45, 2.75) is 53.4 Å². The van der Waals surface area contributed by atoms with Crippen LogP contribution in [0.25, 0.3) is 11.1 Å². The van der Waals surface area contributed by atoms with E-state index in [1.165, 1.54) is 16.9 Å². The van der Waals surface area contributed by atoms with Gasteiger partial charge >= 0.3 is 11.9 Å². The molecule has 2 aromatic rings. The van der Waals surface area contributed by atoms with Crippen molar-refractivity contribution in [2.24, 2.45) is 5.92 Å². The van der Waals surface area contributed by atoms with Crippen LogP contribution in [-0.2, 0) is 20.7 Å². The summed E-state index contributed by atoms with van der Waals surface area (Å²) in [7, 11) is 0. The van der Waals surface area contributed by atoms with Gasteiger partial charge in [0.15, 0.2) is 0 Å². The van der Waals surface area contributed by atoms with Crippen molar-refractivity contribution in [3.05, 3.63) is 40.3 Å². The highest BCUT2D eigenvalue weighted by Gasteiger charge is 2.25. The summed E-state index contributed by atoms with van der Waals surface area (Å²) < 4.78 is 5.25. The minimum Gasteiger partial charge on any atom is -0.481 e. The number of hydrogen-bond donors (Lipinski definition) is 2. The number of carbonyl (C=O) groups is 3. The highest BCUT2D eigenvalue weighted by molar-refractivity contribution is 7.17. The molecule has 7 heteroatoms. The van der Waals surface area contributed by atoms with Crippen LogP contribution >= 0.6 is 11.3 Å². The Labute approximate surface area is 181 Å². The lowest BCUT2D eigenvalue weighted by molar-refractivity contribution is -0.137. The van der Waals surface area contributed by atoms with E-state index in [0.29, 0.717) is 16.5 Å². The van der Waals surface area contributed by atoms with Crippen LogP contribution in [0, 0.1) is 12.8 Å². The second-order valence-electron chi connectivity index (χ2n) is 7.55. The third kappa shape index (κ3) is 6.42. The van der Waals surface area contributed by atoms with Crippen molar-refractivity contribution in [2.75, 3.05) is 11.9 Å². The smallest absolute Gasteiger partial charge is 0.341 e. The SMILES string of the molecule is CCOC(=O)c1c(NC(=O)CCCC(=O)O)sc(C)c1-c1ccc(CC(C)C)cc1. The van der Waals surface area contributed by atoms with Crippen molar-refractivity contribution in [3.63, 3.8) is 0 Å². The Morgan fingerprint density at radius 3 is 2.37 bits per heavy atom. The number of amides is 1. The van der Waals surface area contributed by atoms with Crippen molar-refractivity contribution in [1.29, 1.82) is 0 Å². The number of carbonyl (C=O) groups excluding carboxylic acids is 2. The van der Waals surface area contributed by atoms with Crippen LogP contribution in [0.5, 0.6) is 0 Å². The molecule has 0 aliphatic heterocycles. The number of carboxylic acid groups (broad SMARTS) is 1. The first-order valence-corrected chi connectivity index (χ1v) is 11.0. The van der Waals surface area contributed by atoms with Gasteiger partial charge in [-0.3, -0.25) is 9.59 Å². The fraction of sp³-hybridized carbons (Fsp3) is 0.435. The molecule has 1 amide bonds. The lowest BCUT2D eigenvalue weighted by atomic mass is 9.97. The third-order valence-electron chi connectivity index (χ3n) is 4.50. The van der Waals surface area contributed by atoms with E-state index in [2.05, 4.69) is 31.3 Å². The summed E-state index contributed by atoms with van der Waals surface area (Å²) in [6.45, 7) is 8.21. The molecule has 1 aromatic carbocycles. The van der Waals surface area contributed by atoms with Crippen molar-refractivity contribution < 1.29 is 24.2 Å². The predicted octanol–water partition coefficient (Wildman–Crippen LogP) is 5.29. The summed E-state index contributed by atoms with van der Waals surface area (Å²) in [4.78, 5) is 36.6. The number of anilines is 1. The first-order chi connectivity index (χ1) is 14.2. The zero-order valence-electron chi connectivity index (χ0n) is 17.9. The fourth-order valence-corrected chi connectivity index (χ4v) is 4.33. The average Bonchev–Trinajstić information content (AvgIpc) is 2.97. The molecule has 0 unspecified atom stereocenters. The number of rotatable bonds is 10. The zero-order valence-corrected chi connectivity index (χ0v) is 18.7. The largest absolute Gasteiger partial charge is 0.481 e. The maximum absolute atomic E-state index is 12.7. The topological polar surface area (TPSA) is 92.7 Å². The van der Waals surface area contributed by atoms with Gasteiger partial charge in [0.2, 0.25) is 5.91 Å². The van der Waals surface area contributed by atoms with Gasteiger partial charge in [0.05, 0.1) is 6.61 Å².